The first-order valence-electron chi connectivity index (χ1n) is 7.93. The van der Waals surface area contributed by atoms with Gasteiger partial charge in [0, 0.05) is 19.1 Å². The van der Waals surface area contributed by atoms with Crippen molar-refractivity contribution in [3.63, 3.8) is 0 Å². The number of nitrogens with zero attached hydrogens (tertiary/aromatic N) is 1. The Morgan fingerprint density at radius 2 is 1.72 bits per heavy atom. The maximum Gasteiger partial charge on any atom is 0.0131 e. The van der Waals surface area contributed by atoms with Gasteiger partial charge in [0.05, 0.1) is 0 Å². The highest BCUT2D eigenvalue weighted by molar-refractivity contribution is 4.92. The summed E-state index contributed by atoms with van der Waals surface area (Å²) in [4.78, 5) is 2.56. The van der Waals surface area contributed by atoms with E-state index in [1.54, 1.807) is 0 Å². The van der Waals surface area contributed by atoms with Crippen LogP contribution in [0.3, 0.4) is 0 Å². The number of nitrogens with two attached hydrogens (primary N) is 1. The smallest absolute Gasteiger partial charge is 0.0131 e. The SMILES string of the molecule is CN(CC1CCCC1)CC1CCCC(C)(C)C1N. The molecule has 2 fully saturated rings. The summed E-state index contributed by atoms with van der Waals surface area (Å²) in [6, 6.07) is 0.386. The first-order valence-corrected chi connectivity index (χ1v) is 7.93. The van der Waals surface area contributed by atoms with Crippen LogP contribution in [0.4, 0.5) is 0 Å². The van der Waals surface area contributed by atoms with E-state index >= 15 is 0 Å². The summed E-state index contributed by atoms with van der Waals surface area (Å²) >= 11 is 0. The molecule has 2 nitrogen and oxygen atoms in total. The van der Waals surface area contributed by atoms with Crippen LogP contribution in [-0.4, -0.2) is 31.1 Å². The minimum atomic E-state index is 0.344. The van der Waals surface area contributed by atoms with Crippen molar-refractivity contribution in [3.05, 3.63) is 0 Å². The zero-order chi connectivity index (χ0) is 13.2. The van der Waals surface area contributed by atoms with Crippen LogP contribution in [0.5, 0.6) is 0 Å². The molecule has 0 bridgehead atoms. The molecule has 0 aromatic carbocycles. The lowest BCUT2D eigenvalue weighted by atomic mass is 9.68. The van der Waals surface area contributed by atoms with E-state index in [2.05, 4.69) is 25.8 Å². The van der Waals surface area contributed by atoms with Crippen molar-refractivity contribution in [2.24, 2.45) is 23.0 Å². The molecule has 0 aromatic rings. The van der Waals surface area contributed by atoms with Crippen LogP contribution in [0.25, 0.3) is 0 Å². The molecule has 2 atom stereocenters. The van der Waals surface area contributed by atoms with E-state index in [0.717, 1.165) is 5.92 Å². The van der Waals surface area contributed by atoms with Crippen LogP contribution in [-0.2, 0) is 0 Å². The zero-order valence-electron chi connectivity index (χ0n) is 12.6. The van der Waals surface area contributed by atoms with Crippen LogP contribution < -0.4 is 5.73 Å². The Kier molecular flexibility index (Phi) is 4.71. The van der Waals surface area contributed by atoms with Crippen molar-refractivity contribution >= 4 is 0 Å². The summed E-state index contributed by atoms with van der Waals surface area (Å²) in [5, 5.41) is 0. The number of hydrogen-bond donors (Lipinski definition) is 1. The fourth-order valence-electron chi connectivity index (χ4n) is 4.12. The summed E-state index contributed by atoms with van der Waals surface area (Å²) in [5.74, 6) is 1.67. The van der Waals surface area contributed by atoms with Gasteiger partial charge in [-0.15, -0.1) is 0 Å². The highest BCUT2D eigenvalue weighted by Gasteiger charge is 2.36. The molecular formula is C16H32N2. The lowest BCUT2D eigenvalue weighted by Crippen LogP contribution is -2.50. The van der Waals surface area contributed by atoms with E-state index in [-0.39, 0.29) is 0 Å². The minimum Gasteiger partial charge on any atom is -0.327 e. The topological polar surface area (TPSA) is 29.3 Å². The summed E-state index contributed by atoms with van der Waals surface area (Å²) in [5.41, 5.74) is 6.83. The van der Waals surface area contributed by atoms with Gasteiger partial charge in [-0.05, 0) is 50.0 Å². The lowest BCUT2D eigenvalue weighted by Gasteiger charge is -2.43. The van der Waals surface area contributed by atoms with Crippen molar-refractivity contribution in [1.82, 2.24) is 4.90 Å². The van der Waals surface area contributed by atoms with E-state index in [9.17, 15) is 0 Å². The second-order valence-corrected chi connectivity index (χ2v) is 7.54. The fraction of sp³-hybridized carbons (Fsp3) is 1.00. The standard InChI is InChI=1S/C16H32N2/c1-16(2)10-6-9-14(15(16)17)12-18(3)11-13-7-4-5-8-13/h13-15H,4-12,17H2,1-3H3. The van der Waals surface area contributed by atoms with Crippen LogP contribution >= 0.6 is 0 Å². The molecule has 0 saturated heterocycles. The Morgan fingerprint density at radius 1 is 1.06 bits per heavy atom. The third-order valence-corrected chi connectivity index (χ3v) is 5.40. The quantitative estimate of drug-likeness (QED) is 0.832. The van der Waals surface area contributed by atoms with Crippen LogP contribution in [0, 0.1) is 17.3 Å². The van der Waals surface area contributed by atoms with Gasteiger partial charge < -0.3 is 10.6 Å². The predicted molar refractivity (Wildman–Crippen MR) is 78.6 cm³/mol. The van der Waals surface area contributed by atoms with Crippen LogP contribution in [0.1, 0.15) is 58.8 Å². The second kappa shape index (κ2) is 5.92. The fourth-order valence-corrected chi connectivity index (χ4v) is 4.12. The van der Waals surface area contributed by atoms with E-state index in [0.29, 0.717) is 17.4 Å². The van der Waals surface area contributed by atoms with Gasteiger partial charge in [0.2, 0.25) is 0 Å². The highest BCUT2D eigenvalue weighted by atomic mass is 15.1. The van der Waals surface area contributed by atoms with Gasteiger partial charge in [0.1, 0.15) is 0 Å². The normalized spacial score (nSPS) is 33.2. The Hall–Kier alpha value is -0.0800. The summed E-state index contributed by atoms with van der Waals surface area (Å²) in [6.45, 7) is 7.20. The highest BCUT2D eigenvalue weighted by Crippen LogP contribution is 2.38. The van der Waals surface area contributed by atoms with Crippen molar-refractivity contribution < 1.29 is 0 Å². The maximum atomic E-state index is 6.49. The molecule has 2 heteroatoms. The van der Waals surface area contributed by atoms with Gasteiger partial charge in [0.25, 0.3) is 0 Å². The van der Waals surface area contributed by atoms with Crippen molar-refractivity contribution in [2.45, 2.75) is 64.8 Å². The van der Waals surface area contributed by atoms with Gasteiger partial charge in [-0.3, -0.25) is 0 Å². The molecule has 2 aliphatic carbocycles. The monoisotopic (exact) mass is 252 g/mol. The first kappa shape index (κ1) is 14.3. The van der Waals surface area contributed by atoms with Crippen LogP contribution in [0.2, 0.25) is 0 Å². The third-order valence-electron chi connectivity index (χ3n) is 5.40. The molecular weight excluding hydrogens is 220 g/mol. The van der Waals surface area contributed by atoms with Crippen LogP contribution in [0.15, 0.2) is 0 Å². The molecule has 2 unspecified atom stereocenters. The molecule has 0 heterocycles. The maximum absolute atomic E-state index is 6.49. The number of rotatable bonds is 4. The Labute approximate surface area is 113 Å². The largest absolute Gasteiger partial charge is 0.327 e. The number of hydrogen-bond acceptors (Lipinski definition) is 2. The van der Waals surface area contributed by atoms with Crippen molar-refractivity contribution in [1.29, 1.82) is 0 Å². The van der Waals surface area contributed by atoms with Gasteiger partial charge >= 0.3 is 0 Å². The molecule has 2 rings (SSSR count). The third kappa shape index (κ3) is 3.48. The molecule has 2 saturated carbocycles. The summed E-state index contributed by atoms with van der Waals surface area (Å²) in [7, 11) is 2.30. The lowest BCUT2D eigenvalue weighted by molar-refractivity contribution is 0.106. The Balaban J connectivity index is 1.80. The van der Waals surface area contributed by atoms with Crippen molar-refractivity contribution in [3.8, 4) is 0 Å². The van der Waals surface area contributed by atoms with E-state index in [4.69, 9.17) is 5.73 Å². The molecule has 18 heavy (non-hydrogen) atoms. The molecule has 0 radical (unpaired) electrons. The molecule has 0 aromatic heterocycles. The first-order chi connectivity index (χ1) is 8.49. The molecule has 106 valence electrons. The predicted octanol–water partition coefficient (Wildman–Crippen LogP) is 3.26. The van der Waals surface area contributed by atoms with Gasteiger partial charge in [-0.1, -0.05) is 33.1 Å². The van der Waals surface area contributed by atoms with E-state index < -0.39 is 0 Å². The zero-order valence-corrected chi connectivity index (χ0v) is 12.6. The van der Waals surface area contributed by atoms with Crippen molar-refractivity contribution in [2.75, 3.05) is 20.1 Å². The molecule has 2 aliphatic rings. The molecule has 2 N–H and O–H groups in total. The van der Waals surface area contributed by atoms with E-state index in [1.165, 1.54) is 58.0 Å². The van der Waals surface area contributed by atoms with E-state index in [1.807, 2.05) is 0 Å². The minimum absolute atomic E-state index is 0.344. The Morgan fingerprint density at radius 3 is 2.39 bits per heavy atom. The summed E-state index contributed by atoms with van der Waals surface area (Å²) < 4.78 is 0. The van der Waals surface area contributed by atoms with Gasteiger partial charge in [0.15, 0.2) is 0 Å². The molecule has 0 spiro atoms. The average Bonchev–Trinajstić information content (AvgIpc) is 2.77. The molecule has 0 aliphatic heterocycles. The molecule has 0 amide bonds. The summed E-state index contributed by atoms with van der Waals surface area (Å²) in [6.07, 6.45) is 9.81. The van der Waals surface area contributed by atoms with Gasteiger partial charge in [-0.25, -0.2) is 0 Å². The Bertz CT molecular complexity index is 256. The average molecular weight is 252 g/mol. The van der Waals surface area contributed by atoms with Gasteiger partial charge in [-0.2, -0.15) is 0 Å². The second-order valence-electron chi connectivity index (χ2n) is 7.54.